The van der Waals surface area contributed by atoms with Gasteiger partial charge < -0.3 is 5.32 Å². The molecule has 4 heteroatoms. The van der Waals surface area contributed by atoms with Crippen LogP contribution in [0.2, 0.25) is 0 Å². The van der Waals surface area contributed by atoms with Crippen molar-refractivity contribution in [3.05, 3.63) is 18.0 Å². The lowest BCUT2D eigenvalue weighted by atomic mass is 9.83. The van der Waals surface area contributed by atoms with Crippen LogP contribution in [0.5, 0.6) is 0 Å². The van der Waals surface area contributed by atoms with Gasteiger partial charge in [-0.15, -0.1) is 0 Å². The van der Waals surface area contributed by atoms with Crippen molar-refractivity contribution < 1.29 is 0 Å². The van der Waals surface area contributed by atoms with Gasteiger partial charge in [-0.05, 0) is 24.8 Å². The molecule has 0 spiro atoms. The van der Waals surface area contributed by atoms with E-state index in [1.54, 1.807) is 0 Å². The van der Waals surface area contributed by atoms with E-state index in [4.69, 9.17) is 0 Å². The Bertz CT molecular complexity index is 395. The van der Waals surface area contributed by atoms with Gasteiger partial charge in [0.1, 0.15) is 0 Å². The molecule has 0 aromatic carbocycles. The van der Waals surface area contributed by atoms with Crippen molar-refractivity contribution in [1.82, 2.24) is 20.0 Å². The van der Waals surface area contributed by atoms with Crippen molar-refractivity contribution in [2.75, 3.05) is 19.6 Å². The van der Waals surface area contributed by atoms with E-state index in [1.807, 2.05) is 17.9 Å². The van der Waals surface area contributed by atoms with Crippen LogP contribution in [-0.2, 0) is 13.6 Å². The van der Waals surface area contributed by atoms with Gasteiger partial charge in [-0.2, -0.15) is 5.10 Å². The van der Waals surface area contributed by atoms with Crippen molar-refractivity contribution in [3.63, 3.8) is 0 Å². The number of aryl methyl sites for hydroxylation is 1. The maximum Gasteiger partial charge on any atom is 0.0764 e. The molecule has 1 aromatic heterocycles. The molecule has 106 valence electrons. The zero-order valence-corrected chi connectivity index (χ0v) is 12.0. The largest absolute Gasteiger partial charge is 0.311 e. The van der Waals surface area contributed by atoms with Crippen LogP contribution >= 0.6 is 0 Å². The first kappa shape index (κ1) is 13.1. The summed E-state index contributed by atoms with van der Waals surface area (Å²) in [4.78, 5) is 2.57. The molecule has 1 N–H and O–H groups in total. The fraction of sp³-hybridized carbons (Fsp3) is 0.800. The summed E-state index contributed by atoms with van der Waals surface area (Å²) in [6, 6.07) is 2.84. The van der Waals surface area contributed by atoms with E-state index in [-0.39, 0.29) is 0 Å². The van der Waals surface area contributed by atoms with Gasteiger partial charge in [-0.1, -0.05) is 19.3 Å². The molecule has 1 saturated carbocycles. The topological polar surface area (TPSA) is 33.1 Å². The predicted octanol–water partition coefficient (Wildman–Crippen LogP) is 1.77. The second-order valence-electron chi connectivity index (χ2n) is 6.17. The van der Waals surface area contributed by atoms with Gasteiger partial charge in [-0.25, -0.2) is 0 Å². The van der Waals surface area contributed by atoms with Crippen LogP contribution in [0.15, 0.2) is 12.3 Å². The Morgan fingerprint density at radius 3 is 2.89 bits per heavy atom. The van der Waals surface area contributed by atoms with Crippen LogP contribution in [0.3, 0.4) is 0 Å². The number of piperazine rings is 1. The lowest BCUT2D eigenvalue weighted by Crippen LogP contribution is -2.53. The molecular formula is C15H26N4. The monoisotopic (exact) mass is 262 g/mol. The van der Waals surface area contributed by atoms with E-state index in [0.29, 0.717) is 6.04 Å². The first-order valence-electron chi connectivity index (χ1n) is 7.75. The molecule has 4 nitrogen and oxygen atoms in total. The summed E-state index contributed by atoms with van der Waals surface area (Å²) in [5.74, 6) is 0.903. The molecule has 1 unspecified atom stereocenters. The summed E-state index contributed by atoms with van der Waals surface area (Å²) in [6.45, 7) is 4.49. The lowest BCUT2D eigenvalue weighted by Gasteiger charge is -2.39. The number of hydrogen-bond acceptors (Lipinski definition) is 3. The average molecular weight is 262 g/mol. The zero-order chi connectivity index (χ0) is 13.1. The second-order valence-corrected chi connectivity index (χ2v) is 6.17. The van der Waals surface area contributed by atoms with Crippen LogP contribution in [-0.4, -0.2) is 40.4 Å². The minimum absolute atomic E-state index is 0.706. The molecule has 0 bridgehead atoms. The number of rotatable bonds is 3. The smallest absolute Gasteiger partial charge is 0.0764 e. The number of hydrogen-bond donors (Lipinski definition) is 1. The molecule has 1 atom stereocenters. The van der Waals surface area contributed by atoms with Crippen LogP contribution in [0.25, 0.3) is 0 Å². The highest BCUT2D eigenvalue weighted by Crippen LogP contribution is 2.27. The molecule has 2 aliphatic rings. The van der Waals surface area contributed by atoms with Crippen molar-refractivity contribution in [1.29, 1.82) is 0 Å². The summed E-state index contributed by atoms with van der Waals surface area (Å²) in [7, 11) is 1.99. The molecule has 1 aliphatic heterocycles. The predicted molar refractivity (Wildman–Crippen MR) is 76.9 cm³/mol. The number of aromatic nitrogens is 2. The van der Waals surface area contributed by atoms with Crippen molar-refractivity contribution in [3.8, 4) is 0 Å². The normalized spacial score (nSPS) is 26.7. The van der Waals surface area contributed by atoms with E-state index in [1.165, 1.54) is 44.3 Å². The first-order valence-corrected chi connectivity index (χ1v) is 7.75. The third-order valence-electron chi connectivity index (χ3n) is 4.66. The van der Waals surface area contributed by atoms with E-state index >= 15 is 0 Å². The standard InChI is InChI=1S/C15H26N4/c1-18-9-7-14(17-18)11-19-10-8-16-15(12-19)13-5-3-2-4-6-13/h7,9,13,15-16H,2-6,8,10-12H2,1H3. The van der Waals surface area contributed by atoms with Crippen molar-refractivity contribution >= 4 is 0 Å². The van der Waals surface area contributed by atoms with Gasteiger partial charge in [-0.3, -0.25) is 9.58 Å². The van der Waals surface area contributed by atoms with E-state index < -0.39 is 0 Å². The molecule has 2 heterocycles. The summed E-state index contributed by atoms with van der Waals surface area (Å²) < 4.78 is 1.90. The summed E-state index contributed by atoms with van der Waals surface area (Å²) in [5.41, 5.74) is 1.20. The van der Waals surface area contributed by atoms with E-state index in [0.717, 1.165) is 25.6 Å². The maximum absolute atomic E-state index is 4.50. The average Bonchev–Trinajstić information content (AvgIpc) is 2.85. The summed E-state index contributed by atoms with van der Waals surface area (Å²) in [5, 5.41) is 8.24. The van der Waals surface area contributed by atoms with E-state index in [2.05, 4.69) is 21.4 Å². The summed E-state index contributed by atoms with van der Waals surface area (Å²) >= 11 is 0. The van der Waals surface area contributed by atoms with Crippen LogP contribution < -0.4 is 5.32 Å². The van der Waals surface area contributed by atoms with Crippen molar-refractivity contribution in [2.45, 2.75) is 44.7 Å². The molecule has 1 aromatic rings. The van der Waals surface area contributed by atoms with Crippen molar-refractivity contribution in [2.24, 2.45) is 13.0 Å². The Hall–Kier alpha value is -0.870. The molecule has 0 radical (unpaired) electrons. The second kappa shape index (κ2) is 6.06. The summed E-state index contributed by atoms with van der Waals surface area (Å²) in [6.07, 6.45) is 9.20. The molecule has 1 aliphatic carbocycles. The molecule has 1 saturated heterocycles. The Balaban J connectivity index is 1.55. The number of nitrogens with one attached hydrogen (secondary N) is 1. The molecular weight excluding hydrogens is 236 g/mol. The highest BCUT2D eigenvalue weighted by Gasteiger charge is 2.28. The minimum Gasteiger partial charge on any atom is -0.311 e. The molecule has 2 fully saturated rings. The van der Waals surface area contributed by atoms with Gasteiger partial charge >= 0.3 is 0 Å². The molecule has 3 rings (SSSR count). The lowest BCUT2D eigenvalue weighted by molar-refractivity contribution is 0.139. The zero-order valence-electron chi connectivity index (χ0n) is 12.0. The highest BCUT2D eigenvalue weighted by molar-refractivity contribution is 4.99. The van der Waals surface area contributed by atoms with Crippen LogP contribution in [0, 0.1) is 5.92 Å². The Morgan fingerprint density at radius 1 is 1.32 bits per heavy atom. The molecule has 19 heavy (non-hydrogen) atoms. The van der Waals surface area contributed by atoms with Crippen LogP contribution in [0.4, 0.5) is 0 Å². The maximum atomic E-state index is 4.50. The minimum atomic E-state index is 0.706. The van der Waals surface area contributed by atoms with Gasteiger partial charge in [0.25, 0.3) is 0 Å². The van der Waals surface area contributed by atoms with Gasteiger partial charge in [0, 0.05) is 45.5 Å². The Labute approximate surface area is 116 Å². The quantitative estimate of drug-likeness (QED) is 0.901. The Morgan fingerprint density at radius 2 is 2.16 bits per heavy atom. The van der Waals surface area contributed by atoms with Crippen LogP contribution in [0.1, 0.15) is 37.8 Å². The molecule has 0 amide bonds. The SMILES string of the molecule is Cn1ccc(CN2CCNC(C3CCCCC3)C2)n1. The first-order chi connectivity index (χ1) is 9.31. The fourth-order valence-corrected chi connectivity index (χ4v) is 3.61. The third kappa shape index (κ3) is 3.37. The van der Waals surface area contributed by atoms with Gasteiger partial charge in [0.05, 0.1) is 5.69 Å². The Kier molecular flexibility index (Phi) is 4.18. The highest BCUT2D eigenvalue weighted by atomic mass is 15.3. The number of nitrogens with zero attached hydrogens (tertiary/aromatic N) is 3. The van der Waals surface area contributed by atoms with Gasteiger partial charge in [0.2, 0.25) is 0 Å². The fourth-order valence-electron chi connectivity index (χ4n) is 3.61. The third-order valence-corrected chi connectivity index (χ3v) is 4.66. The van der Waals surface area contributed by atoms with Gasteiger partial charge in [0.15, 0.2) is 0 Å². The van der Waals surface area contributed by atoms with E-state index in [9.17, 15) is 0 Å².